The van der Waals surface area contributed by atoms with Crippen molar-refractivity contribution in [2.45, 2.75) is 6.54 Å². The summed E-state index contributed by atoms with van der Waals surface area (Å²) in [6.07, 6.45) is 4.37. The minimum absolute atomic E-state index is 0.867. The first-order valence-electron chi connectivity index (χ1n) is 7.89. The smallest absolute Gasteiger partial charge is 0.213 e. The first kappa shape index (κ1) is 13.8. The summed E-state index contributed by atoms with van der Waals surface area (Å²) < 4.78 is 4.51. The molecular formula is C21H19N2+. The molecular weight excluding hydrogens is 280 g/mol. The van der Waals surface area contributed by atoms with E-state index in [1.165, 1.54) is 27.7 Å². The molecule has 2 heteroatoms. The summed E-state index contributed by atoms with van der Waals surface area (Å²) >= 11 is 0. The number of nitrogens with zero attached hydrogens (tertiary/aromatic N) is 2. The van der Waals surface area contributed by atoms with Gasteiger partial charge < -0.3 is 4.57 Å². The molecule has 0 saturated heterocycles. The van der Waals surface area contributed by atoms with E-state index in [1.54, 1.807) is 0 Å². The van der Waals surface area contributed by atoms with Crippen LogP contribution in [0.2, 0.25) is 0 Å². The summed E-state index contributed by atoms with van der Waals surface area (Å²) in [7, 11) is 2.09. The molecule has 0 radical (unpaired) electrons. The van der Waals surface area contributed by atoms with Crippen molar-refractivity contribution >= 4 is 10.9 Å². The van der Waals surface area contributed by atoms with Gasteiger partial charge in [-0.25, -0.2) is 0 Å². The number of aromatic nitrogens is 2. The summed E-state index contributed by atoms with van der Waals surface area (Å²) in [5.41, 5.74) is 5.05. The minimum atomic E-state index is 0.867. The molecule has 2 nitrogen and oxygen atoms in total. The van der Waals surface area contributed by atoms with Crippen molar-refractivity contribution in [3.8, 4) is 11.3 Å². The Kier molecular flexibility index (Phi) is 3.43. The van der Waals surface area contributed by atoms with Crippen LogP contribution >= 0.6 is 0 Å². The zero-order valence-electron chi connectivity index (χ0n) is 13.2. The standard InChI is InChI=1S/C21H19N2/c1-22-13-12-19-14-20(18-10-6-3-7-11-18)23(16-21(19)22)15-17-8-4-2-5-9-17/h2-14,16H,15H2,1H3/q+1. The van der Waals surface area contributed by atoms with Gasteiger partial charge in [-0.2, -0.15) is 4.57 Å². The second kappa shape index (κ2) is 5.73. The van der Waals surface area contributed by atoms with Gasteiger partial charge in [-0.3, -0.25) is 0 Å². The lowest BCUT2D eigenvalue weighted by molar-refractivity contribution is -0.676. The van der Waals surface area contributed by atoms with Crippen molar-refractivity contribution in [2.75, 3.05) is 0 Å². The molecule has 0 unspecified atom stereocenters. The van der Waals surface area contributed by atoms with Crippen molar-refractivity contribution in [1.29, 1.82) is 0 Å². The van der Waals surface area contributed by atoms with Crippen molar-refractivity contribution in [1.82, 2.24) is 4.57 Å². The fourth-order valence-corrected chi connectivity index (χ4v) is 3.07. The van der Waals surface area contributed by atoms with Gasteiger partial charge in [-0.05, 0) is 18.2 Å². The van der Waals surface area contributed by atoms with Crippen molar-refractivity contribution in [3.05, 3.63) is 90.8 Å². The zero-order chi connectivity index (χ0) is 15.6. The predicted octanol–water partition coefficient (Wildman–Crippen LogP) is 4.18. The Morgan fingerprint density at radius 2 is 1.57 bits per heavy atom. The number of aryl methyl sites for hydroxylation is 1. The van der Waals surface area contributed by atoms with Gasteiger partial charge in [0, 0.05) is 35.8 Å². The van der Waals surface area contributed by atoms with Gasteiger partial charge in [-0.1, -0.05) is 48.5 Å². The Morgan fingerprint density at radius 1 is 0.870 bits per heavy atom. The maximum absolute atomic E-state index is 2.34. The molecule has 23 heavy (non-hydrogen) atoms. The van der Waals surface area contributed by atoms with Gasteiger partial charge in [0.25, 0.3) is 0 Å². The van der Waals surface area contributed by atoms with Crippen LogP contribution in [0.4, 0.5) is 0 Å². The Morgan fingerprint density at radius 3 is 2.30 bits per heavy atom. The summed E-state index contributed by atoms with van der Waals surface area (Å²) in [6.45, 7) is 0.867. The highest BCUT2D eigenvalue weighted by Crippen LogP contribution is 2.21. The molecule has 4 rings (SSSR count). The van der Waals surface area contributed by atoms with Crippen LogP contribution < -0.4 is 4.57 Å². The normalized spacial score (nSPS) is 11.0. The van der Waals surface area contributed by atoms with Crippen LogP contribution in [0.1, 0.15) is 5.56 Å². The van der Waals surface area contributed by atoms with Crippen LogP contribution in [-0.2, 0) is 13.6 Å². The molecule has 2 aromatic carbocycles. The molecule has 0 N–H and O–H groups in total. The second-order valence-corrected chi connectivity index (χ2v) is 5.91. The molecule has 0 aliphatic rings. The summed E-state index contributed by atoms with van der Waals surface area (Å²) in [4.78, 5) is 0. The van der Waals surface area contributed by atoms with E-state index in [0.29, 0.717) is 0 Å². The summed E-state index contributed by atoms with van der Waals surface area (Å²) in [6, 6.07) is 25.7. The third-order valence-corrected chi connectivity index (χ3v) is 4.30. The Hall–Kier alpha value is -2.87. The lowest BCUT2D eigenvalue weighted by atomic mass is 10.1. The molecule has 0 atom stereocenters. The van der Waals surface area contributed by atoms with E-state index in [4.69, 9.17) is 0 Å². The highest BCUT2D eigenvalue weighted by atomic mass is 15.0. The molecule has 0 aliphatic carbocycles. The average Bonchev–Trinajstić information content (AvgIpc) is 2.96. The van der Waals surface area contributed by atoms with E-state index in [9.17, 15) is 0 Å². The Labute approximate surface area is 136 Å². The van der Waals surface area contributed by atoms with Gasteiger partial charge in [0.1, 0.15) is 5.52 Å². The van der Waals surface area contributed by atoms with Crippen molar-refractivity contribution in [3.63, 3.8) is 0 Å². The first-order valence-corrected chi connectivity index (χ1v) is 7.89. The van der Waals surface area contributed by atoms with Crippen LogP contribution in [0, 0.1) is 0 Å². The Bertz CT molecular complexity index is 938. The van der Waals surface area contributed by atoms with E-state index < -0.39 is 0 Å². The van der Waals surface area contributed by atoms with E-state index >= 15 is 0 Å². The van der Waals surface area contributed by atoms with E-state index in [0.717, 1.165) is 6.54 Å². The topological polar surface area (TPSA) is 8.81 Å². The maximum atomic E-state index is 2.34. The molecule has 2 aromatic heterocycles. The number of benzene rings is 2. The fourth-order valence-electron chi connectivity index (χ4n) is 3.07. The van der Waals surface area contributed by atoms with Gasteiger partial charge >= 0.3 is 0 Å². The summed E-state index contributed by atoms with van der Waals surface area (Å²) in [5, 5.41) is 1.27. The molecule has 0 amide bonds. The maximum Gasteiger partial charge on any atom is 0.213 e. The largest absolute Gasteiger partial charge is 0.346 e. The lowest BCUT2D eigenvalue weighted by Crippen LogP contribution is -2.36. The van der Waals surface area contributed by atoms with Crippen molar-refractivity contribution < 1.29 is 4.57 Å². The molecule has 4 aromatic rings. The van der Waals surface area contributed by atoms with Crippen LogP contribution in [0.15, 0.2) is 85.2 Å². The molecule has 0 aliphatic heterocycles. The number of hydrogen-bond donors (Lipinski definition) is 0. The number of rotatable bonds is 3. The third-order valence-electron chi connectivity index (χ3n) is 4.30. The van der Waals surface area contributed by atoms with Crippen LogP contribution in [-0.4, -0.2) is 4.57 Å². The number of hydrogen-bond acceptors (Lipinski definition) is 0. The average molecular weight is 299 g/mol. The van der Waals surface area contributed by atoms with Gasteiger partial charge in [0.15, 0.2) is 12.7 Å². The first-order chi connectivity index (χ1) is 11.3. The minimum Gasteiger partial charge on any atom is -0.346 e. The zero-order valence-corrected chi connectivity index (χ0v) is 13.2. The summed E-state index contributed by atoms with van der Waals surface area (Å²) in [5.74, 6) is 0. The molecule has 0 saturated carbocycles. The van der Waals surface area contributed by atoms with Crippen LogP contribution in [0.3, 0.4) is 0 Å². The van der Waals surface area contributed by atoms with E-state index in [-0.39, 0.29) is 0 Å². The SMILES string of the molecule is Cn1ccc2cc(-c3ccccc3)[n+](Cc3ccccc3)cc21. The van der Waals surface area contributed by atoms with Crippen LogP contribution in [0.5, 0.6) is 0 Å². The highest BCUT2D eigenvalue weighted by Gasteiger charge is 2.16. The van der Waals surface area contributed by atoms with Gasteiger partial charge in [0.2, 0.25) is 5.69 Å². The van der Waals surface area contributed by atoms with E-state index in [1.807, 2.05) is 0 Å². The molecule has 0 bridgehead atoms. The van der Waals surface area contributed by atoms with Gasteiger partial charge in [0.05, 0.1) is 0 Å². The third kappa shape index (κ3) is 2.64. The fraction of sp³-hybridized carbons (Fsp3) is 0.0952. The molecule has 0 spiro atoms. The molecule has 0 fully saturated rings. The second-order valence-electron chi connectivity index (χ2n) is 5.91. The van der Waals surface area contributed by atoms with Crippen molar-refractivity contribution in [2.24, 2.45) is 7.05 Å². The van der Waals surface area contributed by atoms with E-state index in [2.05, 4.69) is 101 Å². The quantitative estimate of drug-likeness (QED) is 0.502. The molecule has 112 valence electrons. The monoisotopic (exact) mass is 299 g/mol. The predicted molar refractivity (Wildman–Crippen MR) is 94.1 cm³/mol. The Balaban J connectivity index is 1.90. The van der Waals surface area contributed by atoms with Gasteiger partial charge in [-0.15, -0.1) is 0 Å². The number of pyridine rings is 1. The lowest BCUT2D eigenvalue weighted by Gasteiger charge is -2.06. The van der Waals surface area contributed by atoms with Crippen LogP contribution in [0.25, 0.3) is 22.2 Å². The number of fused-ring (bicyclic) bond motifs is 1. The highest BCUT2D eigenvalue weighted by molar-refractivity contribution is 5.81. The molecule has 2 heterocycles.